The highest BCUT2D eigenvalue weighted by atomic mass is 16.5. The Morgan fingerprint density at radius 3 is 2.96 bits per heavy atom. The molecule has 2 aromatic heterocycles. The van der Waals surface area contributed by atoms with Gasteiger partial charge in [0, 0.05) is 44.0 Å². The van der Waals surface area contributed by atoms with Gasteiger partial charge in [-0.25, -0.2) is 4.98 Å². The molecule has 4 rings (SSSR count). The highest BCUT2D eigenvalue weighted by Crippen LogP contribution is 2.34. The maximum Gasteiger partial charge on any atom is 0.271 e. The summed E-state index contributed by atoms with van der Waals surface area (Å²) in [6.07, 6.45) is 5.48. The van der Waals surface area contributed by atoms with Gasteiger partial charge in [-0.05, 0) is 31.0 Å². The topological polar surface area (TPSA) is 74.3 Å². The molecule has 2 saturated heterocycles. The van der Waals surface area contributed by atoms with Crippen LogP contribution in [0.4, 0.5) is 5.82 Å². The third-order valence-corrected chi connectivity index (χ3v) is 5.09. The average molecular weight is 341 g/mol. The van der Waals surface area contributed by atoms with Crippen molar-refractivity contribution in [3.63, 3.8) is 0 Å². The van der Waals surface area contributed by atoms with Gasteiger partial charge in [0.25, 0.3) is 5.91 Å². The molecule has 7 nitrogen and oxygen atoms in total. The number of hydrogen-bond acceptors (Lipinski definition) is 5. The molecule has 0 aliphatic carbocycles. The maximum absolute atomic E-state index is 12.7. The first-order chi connectivity index (χ1) is 12.3. The van der Waals surface area contributed by atoms with Gasteiger partial charge in [-0.1, -0.05) is 6.07 Å². The van der Waals surface area contributed by atoms with E-state index in [1.807, 2.05) is 29.3 Å². The number of nitrogens with one attached hydrogen (secondary N) is 1. The predicted octanol–water partition coefficient (Wildman–Crippen LogP) is 1.56. The first-order valence-corrected chi connectivity index (χ1v) is 8.78. The number of amides is 1. The van der Waals surface area contributed by atoms with E-state index in [1.165, 1.54) is 0 Å². The fourth-order valence-corrected chi connectivity index (χ4v) is 3.90. The summed E-state index contributed by atoms with van der Waals surface area (Å²) in [5.41, 5.74) is 0.496. The molecule has 132 valence electrons. The molecule has 2 aliphatic rings. The SMILES string of the molecule is O=C(c1ccn[nH]1)N1CCCC2(COCCN(c3ccccn3)C2)C1. The molecule has 1 spiro atoms. The Kier molecular flexibility index (Phi) is 4.40. The van der Waals surface area contributed by atoms with E-state index in [0.717, 1.165) is 38.3 Å². The number of pyridine rings is 1. The van der Waals surface area contributed by atoms with E-state index in [9.17, 15) is 4.79 Å². The summed E-state index contributed by atoms with van der Waals surface area (Å²) in [7, 11) is 0. The van der Waals surface area contributed by atoms with Crippen LogP contribution in [0.5, 0.6) is 0 Å². The van der Waals surface area contributed by atoms with Gasteiger partial charge in [0.1, 0.15) is 11.5 Å². The maximum atomic E-state index is 12.7. The van der Waals surface area contributed by atoms with Gasteiger partial charge < -0.3 is 14.5 Å². The Balaban J connectivity index is 1.53. The molecule has 4 heterocycles. The Morgan fingerprint density at radius 1 is 1.20 bits per heavy atom. The van der Waals surface area contributed by atoms with Crippen LogP contribution in [0.2, 0.25) is 0 Å². The number of piperidine rings is 1. The molecular formula is C18H23N5O2. The first-order valence-electron chi connectivity index (χ1n) is 8.78. The molecular weight excluding hydrogens is 318 g/mol. The van der Waals surface area contributed by atoms with Crippen molar-refractivity contribution in [1.82, 2.24) is 20.1 Å². The Hall–Kier alpha value is -2.41. The third-order valence-electron chi connectivity index (χ3n) is 5.09. The standard InChI is InChI=1S/C18H23N5O2/c24-17(15-5-8-20-21-15)23-9-3-6-18(13-23)12-22(10-11-25-14-18)16-4-1-2-7-19-16/h1-2,4-5,7-8H,3,6,9-14H2,(H,20,21). The lowest BCUT2D eigenvalue weighted by Crippen LogP contribution is -2.52. The van der Waals surface area contributed by atoms with E-state index in [0.29, 0.717) is 25.5 Å². The molecule has 7 heteroatoms. The monoisotopic (exact) mass is 341 g/mol. The van der Waals surface area contributed by atoms with Gasteiger partial charge in [-0.3, -0.25) is 9.89 Å². The molecule has 1 amide bonds. The zero-order valence-corrected chi connectivity index (χ0v) is 14.2. The van der Waals surface area contributed by atoms with Crippen LogP contribution in [0, 0.1) is 5.41 Å². The summed E-state index contributed by atoms with van der Waals surface area (Å²) < 4.78 is 5.93. The number of carbonyl (C=O) groups is 1. The number of aromatic amines is 1. The molecule has 0 aromatic carbocycles. The van der Waals surface area contributed by atoms with Gasteiger partial charge in [-0.15, -0.1) is 0 Å². The second-order valence-corrected chi connectivity index (χ2v) is 6.96. The van der Waals surface area contributed by atoms with Crippen molar-refractivity contribution < 1.29 is 9.53 Å². The number of likely N-dealkylation sites (tertiary alicyclic amines) is 1. The minimum Gasteiger partial charge on any atom is -0.379 e. The van der Waals surface area contributed by atoms with Crippen molar-refractivity contribution in [2.45, 2.75) is 12.8 Å². The van der Waals surface area contributed by atoms with Crippen molar-refractivity contribution in [2.75, 3.05) is 44.3 Å². The van der Waals surface area contributed by atoms with Gasteiger partial charge in [-0.2, -0.15) is 5.10 Å². The minimum atomic E-state index is -0.0536. The molecule has 0 radical (unpaired) electrons. The highest BCUT2D eigenvalue weighted by Gasteiger charge is 2.40. The van der Waals surface area contributed by atoms with E-state index >= 15 is 0 Å². The molecule has 1 atom stereocenters. The van der Waals surface area contributed by atoms with E-state index in [-0.39, 0.29) is 11.3 Å². The number of H-pyrrole nitrogens is 1. The summed E-state index contributed by atoms with van der Waals surface area (Å²) in [4.78, 5) is 21.4. The van der Waals surface area contributed by atoms with Crippen molar-refractivity contribution in [1.29, 1.82) is 0 Å². The van der Waals surface area contributed by atoms with Gasteiger partial charge in [0.2, 0.25) is 0 Å². The molecule has 25 heavy (non-hydrogen) atoms. The summed E-state index contributed by atoms with van der Waals surface area (Å²) >= 11 is 0. The molecule has 1 unspecified atom stereocenters. The largest absolute Gasteiger partial charge is 0.379 e. The van der Waals surface area contributed by atoms with Crippen LogP contribution in [0.1, 0.15) is 23.3 Å². The van der Waals surface area contributed by atoms with E-state index in [4.69, 9.17) is 4.74 Å². The third kappa shape index (κ3) is 3.37. The molecule has 2 fully saturated rings. The number of nitrogens with zero attached hydrogens (tertiary/aromatic N) is 4. The van der Waals surface area contributed by atoms with E-state index in [1.54, 1.807) is 12.3 Å². The Labute approximate surface area is 147 Å². The van der Waals surface area contributed by atoms with Crippen LogP contribution in [0.3, 0.4) is 0 Å². The second-order valence-electron chi connectivity index (χ2n) is 6.96. The average Bonchev–Trinajstić information content (AvgIpc) is 3.12. The number of carbonyl (C=O) groups excluding carboxylic acids is 1. The summed E-state index contributed by atoms with van der Waals surface area (Å²) in [5.74, 6) is 0.995. The summed E-state index contributed by atoms with van der Waals surface area (Å²) in [6.45, 7) is 4.54. The minimum absolute atomic E-state index is 0.0187. The van der Waals surface area contributed by atoms with Gasteiger partial charge >= 0.3 is 0 Å². The normalized spacial score (nSPS) is 24.3. The first kappa shape index (κ1) is 16.1. The lowest BCUT2D eigenvalue weighted by Gasteiger charge is -2.43. The van der Waals surface area contributed by atoms with Crippen molar-refractivity contribution in [3.05, 3.63) is 42.4 Å². The van der Waals surface area contributed by atoms with Crippen LogP contribution >= 0.6 is 0 Å². The van der Waals surface area contributed by atoms with Crippen LogP contribution in [0.15, 0.2) is 36.7 Å². The summed E-state index contributed by atoms with van der Waals surface area (Å²) in [6, 6.07) is 7.71. The van der Waals surface area contributed by atoms with Crippen molar-refractivity contribution in [2.24, 2.45) is 5.41 Å². The highest BCUT2D eigenvalue weighted by molar-refractivity contribution is 5.92. The number of ether oxygens (including phenoxy) is 1. The Morgan fingerprint density at radius 2 is 2.16 bits per heavy atom. The summed E-state index contributed by atoms with van der Waals surface area (Å²) in [5, 5.41) is 6.67. The van der Waals surface area contributed by atoms with E-state index in [2.05, 4.69) is 20.1 Å². The van der Waals surface area contributed by atoms with Crippen molar-refractivity contribution >= 4 is 11.7 Å². The van der Waals surface area contributed by atoms with Crippen LogP contribution in [-0.4, -0.2) is 65.4 Å². The molecule has 0 bridgehead atoms. The van der Waals surface area contributed by atoms with Crippen LogP contribution in [0.25, 0.3) is 0 Å². The fourth-order valence-electron chi connectivity index (χ4n) is 3.90. The van der Waals surface area contributed by atoms with Crippen LogP contribution < -0.4 is 4.90 Å². The second kappa shape index (κ2) is 6.84. The predicted molar refractivity (Wildman–Crippen MR) is 93.4 cm³/mol. The zero-order chi connectivity index (χ0) is 17.1. The molecule has 2 aliphatic heterocycles. The lowest BCUT2D eigenvalue weighted by molar-refractivity contribution is 0.0133. The van der Waals surface area contributed by atoms with Gasteiger partial charge in [0.05, 0.1) is 13.2 Å². The lowest BCUT2D eigenvalue weighted by atomic mass is 9.80. The number of aromatic nitrogens is 3. The quantitative estimate of drug-likeness (QED) is 0.897. The van der Waals surface area contributed by atoms with Gasteiger partial charge in [0.15, 0.2) is 0 Å². The molecule has 1 N–H and O–H groups in total. The van der Waals surface area contributed by atoms with Crippen LogP contribution in [-0.2, 0) is 4.74 Å². The number of anilines is 1. The number of rotatable bonds is 2. The number of hydrogen-bond donors (Lipinski definition) is 1. The van der Waals surface area contributed by atoms with E-state index < -0.39 is 0 Å². The Bertz CT molecular complexity index is 706. The fraction of sp³-hybridized carbons (Fsp3) is 0.500. The zero-order valence-electron chi connectivity index (χ0n) is 14.2. The van der Waals surface area contributed by atoms with Crippen molar-refractivity contribution in [3.8, 4) is 0 Å². The molecule has 2 aromatic rings. The molecule has 0 saturated carbocycles. The smallest absolute Gasteiger partial charge is 0.271 e.